The van der Waals surface area contributed by atoms with Gasteiger partial charge >= 0.3 is 0 Å². The molecule has 3 rings (SSSR count). The smallest absolute Gasteiger partial charge is 0.264 e. The van der Waals surface area contributed by atoms with Gasteiger partial charge in [0.05, 0.1) is 17.7 Å². The Morgan fingerprint density at radius 3 is 2.39 bits per heavy atom. The van der Waals surface area contributed by atoms with Crippen molar-refractivity contribution in [3.8, 4) is 5.75 Å². The zero-order valence-electron chi connectivity index (χ0n) is 17.4. The Balaban J connectivity index is 1.97. The lowest BCUT2D eigenvalue weighted by Gasteiger charge is -2.24. The van der Waals surface area contributed by atoms with Crippen molar-refractivity contribution in [3.63, 3.8) is 0 Å². The topological polar surface area (TPSA) is 75.7 Å². The molecule has 0 atom stereocenters. The summed E-state index contributed by atoms with van der Waals surface area (Å²) in [5, 5.41) is 3.32. The molecule has 1 N–H and O–H groups in total. The minimum Gasteiger partial charge on any atom is -0.497 e. The second-order valence-corrected chi connectivity index (χ2v) is 9.33. The van der Waals surface area contributed by atoms with Gasteiger partial charge in [-0.3, -0.25) is 9.10 Å². The molecule has 0 unspecified atom stereocenters. The number of nitrogens with zero attached hydrogens (tertiary/aromatic N) is 1. The van der Waals surface area contributed by atoms with E-state index in [1.165, 1.54) is 19.2 Å². The number of nitrogens with one attached hydrogen (secondary N) is 1. The highest BCUT2D eigenvalue weighted by molar-refractivity contribution is 7.92. The number of methoxy groups -OCH3 is 1. The first-order valence-corrected chi connectivity index (χ1v) is 11.3. The van der Waals surface area contributed by atoms with Gasteiger partial charge in [0.2, 0.25) is 5.91 Å². The molecule has 162 valence electrons. The summed E-state index contributed by atoms with van der Waals surface area (Å²) in [6.45, 7) is 3.27. The number of carbonyl (C=O) groups is 1. The van der Waals surface area contributed by atoms with Crippen molar-refractivity contribution in [2.24, 2.45) is 0 Å². The van der Waals surface area contributed by atoms with Crippen molar-refractivity contribution in [2.75, 3.05) is 23.3 Å². The van der Waals surface area contributed by atoms with Crippen LogP contribution in [0.2, 0.25) is 5.02 Å². The average Bonchev–Trinajstić information content (AvgIpc) is 2.74. The molecule has 0 aromatic heterocycles. The van der Waals surface area contributed by atoms with Gasteiger partial charge in [-0.1, -0.05) is 35.4 Å². The number of sulfonamides is 1. The number of anilines is 2. The molecule has 0 bridgehead atoms. The monoisotopic (exact) mass is 458 g/mol. The minimum atomic E-state index is -4.00. The molecule has 8 heteroatoms. The van der Waals surface area contributed by atoms with Crippen molar-refractivity contribution in [1.29, 1.82) is 0 Å². The summed E-state index contributed by atoms with van der Waals surface area (Å²) in [6.07, 6.45) is 0. The van der Waals surface area contributed by atoms with E-state index in [4.69, 9.17) is 16.3 Å². The van der Waals surface area contributed by atoms with Crippen LogP contribution in [0.25, 0.3) is 0 Å². The summed E-state index contributed by atoms with van der Waals surface area (Å²) >= 11 is 5.97. The second kappa shape index (κ2) is 9.41. The normalized spacial score (nSPS) is 11.1. The molecule has 0 heterocycles. The highest BCUT2D eigenvalue weighted by Gasteiger charge is 2.27. The third kappa shape index (κ3) is 5.37. The number of hydrogen-bond acceptors (Lipinski definition) is 4. The van der Waals surface area contributed by atoms with Crippen molar-refractivity contribution in [1.82, 2.24) is 0 Å². The van der Waals surface area contributed by atoms with E-state index in [1.807, 2.05) is 13.8 Å². The fourth-order valence-electron chi connectivity index (χ4n) is 3.01. The van der Waals surface area contributed by atoms with Crippen LogP contribution in [-0.4, -0.2) is 28.0 Å². The Hall–Kier alpha value is -3.03. The van der Waals surface area contributed by atoms with Crippen LogP contribution in [0.5, 0.6) is 5.75 Å². The zero-order chi connectivity index (χ0) is 22.6. The highest BCUT2D eigenvalue weighted by Crippen LogP contribution is 2.27. The molecule has 0 saturated heterocycles. The van der Waals surface area contributed by atoms with E-state index in [-0.39, 0.29) is 4.90 Å². The van der Waals surface area contributed by atoms with E-state index in [1.54, 1.807) is 54.6 Å². The van der Waals surface area contributed by atoms with E-state index in [0.717, 1.165) is 15.4 Å². The highest BCUT2D eigenvalue weighted by atomic mass is 35.5. The van der Waals surface area contributed by atoms with Gasteiger partial charge in [0.1, 0.15) is 12.3 Å². The van der Waals surface area contributed by atoms with Crippen LogP contribution in [0, 0.1) is 13.8 Å². The standard InChI is InChI=1S/C23H23ClN2O4S/c1-16-7-10-21(11-8-16)31(28,29)26(19-5-4-6-20(14-19)30-3)15-23(27)25-22-12-9-18(24)13-17(22)2/h4-14H,15H2,1-3H3,(H,25,27). The number of hydrogen-bond donors (Lipinski definition) is 1. The zero-order valence-corrected chi connectivity index (χ0v) is 19.0. The van der Waals surface area contributed by atoms with Gasteiger partial charge < -0.3 is 10.1 Å². The van der Waals surface area contributed by atoms with E-state index in [0.29, 0.717) is 22.1 Å². The van der Waals surface area contributed by atoms with Crippen molar-refractivity contribution < 1.29 is 17.9 Å². The Kier molecular flexibility index (Phi) is 6.87. The third-order valence-electron chi connectivity index (χ3n) is 4.70. The second-order valence-electron chi connectivity index (χ2n) is 7.03. The molecule has 31 heavy (non-hydrogen) atoms. The van der Waals surface area contributed by atoms with E-state index < -0.39 is 22.5 Å². The number of amides is 1. The quantitative estimate of drug-likeness (QED) is 0.551. The average molecular weight is 459 g/mol. The van der Waals surface area contributed by atoms with Gasteiger partial charge in [-0.05, 0) is 61.9 Å². The van der Waals surface area contributed by atoms with Crippen LogP contribution >= 0.6 is 11.6 Å². The minimum absolute atomic E-state index is 0.0939. The van der Waals surface area contributed by atoms with Gasteiger partial charge in [0, 0.05) is 16.8 Å². The molecule has 0 spiro atoms. The predicted molar refractivity (Wildman–Crippen MR) is 124 cm³/mol. The molecule has 0 aliphatic carbocycles. The number of halogens is 1. The van der Waals surface area contributed by atoms with Crippen LogP contribution in [0.15, 0.2) is 71.6 Å². The van der Waals surface area contributed by atoms with Crippen LogP contribution in [0.1, 0.15) is 11.1 Å². The summed E-state index contributed by atoms with van der Waals surface area (Å²) in [5.74, 6) is -0.000473. The van der Waals surface area contributed by atoms with Gasteiger partial charge in [-0.15, -0.1) is 0 Å². The van der Waals surface area contributed by atoms with E-state index >= 15 is 0 Å². The first-order chi connectivity index (χ1) is 14.7. The Labute approximate surface area is 187 Å². The van der Waals surface area contributed by atoms with E-state index in [2.05, 4.69) is 5.32 Å². The fourth-order valence-corrected chi connectivity index (χ4v) is 4.65. The lowest BCUT2D eigenvalue weighted by Crippen LogP contribution is -2.38. The Bertz CT molecular complexity index is 1190. The first-order valence-electron chi connectivity index (χ1n) is 9.50. The molecule has 3 aromatic rings. The maximum Gasteiger partial charge on any atom is 0.264 e. The number of aryl methyl sites for hydroxylation is 2. The lowest BCUT2D eigenvalue weighted by atomic mass is 10.2. The number of rotatable bonds is 7. The van der Waals surface area contributed by atoms with Crippen LogP contribution in [0.3, 0.4) is 0 Å². The van der Waals surface area contributed by atoms with Crippen molar-refractivity contribution in [3.05, 3.63) is 82.9 Å². The van der Waals surface area contributed by atoms with Crippen molar-refractivity contribution in [2.45, 2.75) is 18.7 Å². The van der Waals surface area contributed by atoms with Gasteiger partial charge in [-0.25, -0.2) is 8.42 Å². The predicted octanol–water partition coefficient (Wildman–Crippen LogP) is 4.80. The van der Waals surface area contributed by atoms with Crippen LogP contribution in [-0.2, 0) is 14.8 Å². The third-order valence-corrected chi connectivity index (χ3v) is 6.72. The number of carbonyl (C=O) groups excluding carboxylic acids is 1. The first kappa shape index (κ1) is 22.7. The lowest BCUT2D eigenvalue weighted by molar-refractivity contribution is -0.114. The van der Waals surface area contributed by atoms with Crippen LogP contribution < -0.4 is 14.4 Å². The molecule has 0 aliphatic heterocycles. The van der Waals surface area contributed by atoms with Gasteiger partial charge in [0.25, 0.3) is 10.0 Å². The van der Waals surface area contributed by atoms with E-state index in [9.17, 15) is 13.2 Å². The maximum absolute atomic E-state index is 13.4. The summed E-state index contributed by atoms with van der Waals surface area (Å²) in [5.41, 5.74) is 2.59. The number of benzene rings is 3. The van der Waals surface area contributed by atoms with Crippen molar-refractivity contribution >= 4 is 38.9 Å². The molecule has 0 radical (unpaired) electrons. The van der Waals surface area contributed by atoms with Gasteiger partial charge in [0.15, 0.2) is 0 Å². The molecule has 1 amide bonds. The summed E-state index contributed by atoms with van der Waals surface area (Å²) in [6, 6.07) is 18.1. The SMILES string of the molecule is COc1cccc(N(CC(=O)Nc2ccc(Cl)cc2C)S(=O)(=O)c2ccc(C)cc2)c1. The molecule has 0 saturated carbocycles. The largest absolute Gasteiger partial charge is 0.497 e. The summed E-state index contributed by atoms with van der Waals surface area (Å²) in [4.78, 5) is 12.9. The molecule has 6 nitrogen and oxygen atoms in total. The maximum atomic E-state index is 13.4. The number of ether oxygens (including phenoxy) is 1. The molecule has 0 aliphatic rings. The fraction of sp³-hybridized carbons (Fsp3) is 0.174. The Morgan fingerprint density at radius 2 is 1.74 bits per heavy atom. The molecular formula is C23H23ClN2O4S. The van der Waals surface area contributed by atoms with Gasteiger partial charge in [-0.2, -0.15) is 0 Å². The summed E-state index contributed by atoms with van der Waals surface area (Å²) < 4.78 is 33.2. The summed E-state index contributed by atoms with van der Waals surface area (Å²) in [7, 11) is -2.51. The Morgan fingerprint density at radius 1 is 1.03 bits per heavy atom. The molecule has 0 fully saturated rings. The molecular weight excluding hydrogens is 436 g/mol. The van der Waals surface area contributed by atoms with Crippen LogP contribution in [0.4, 0.5) is 11.4 Å². The molecule has 3 aromatic carbocycles.